The van der Waals surface area contributed by atoms with E-state index in [0.717, 1.165) is 0 Å². The number of hydrogen-bond acceptors (Lipinski definition) is 7. The van der Waals surface area contributed by atoms with Gasteiger partial charge in [-0.15, -0.1) is 0 Å². The van der Waals surface area contributed by atoms with Crippen LogP contribution in [0.25, 0.3) is 0 Å². The standard InChI is InChI=1S/C20H17ClN6O5/c1-32-11-15-10-17(28)24-19(23-15)26-20(22-14-4-2-3-13(21)9-14)25-18(29)12-5-7-16(8-6-12)27(30)31/h2-10H,11H2,1H3,(H3,22,23,24,25,26,28,29). The van der Waals surface area contributed by atoms with Crippen LogP contribution in [-0.4, -0.2) is 33.9 Å². The number of nitro groups is 1. The molecule has 3 rings (SSSR count). The lowest BCUT2D eigenvalue weighted by Crippen LogP contribution is -2.36. The Morgan fingerprint density at radius 1 is 1.25 bits per heavy atom. The highest BCUT2D eigenvalue weighted by atomic mass is 35.5. The first-order valence-corrected chi connectivity index (χ1v) is 9.48. The van der Waals surface area contributed by atoms with Gasteiger partial charge in [-0.25, -0.2) is 4.98 Å². The summed E-state index contributed by atoms with van der Waals surface area (Å²) in [6, 6.07) is 13.0. The van der Waals surface area contributed by atoms with Crippen molar-refractivity contribution in [1.82, 2.24) is 15.3 Å². The van der Waals surface area contributed by atoms with E-state index in [4.69, 9.17) is 16.3 Å². The molecule has 0 saturated heterocycles. The highest BCUT2D eigenvalue weighted by Gasteiger charge is 2.13. The average Bonchev–Trinajstić information content (AvgIpc) is 2.73. The topological polar surface area (TPSA) is 152 Å². The lowest BCUT2D eigenvalue weighted by Gasteiger charge is -2.12. The van der Waals surface area contributed by atoms with Crippen molar-refractivity contribution in [2.24, 2.45) is 4.99 Å². The number of rotatable bonds is 6. The normalized spacial score (nSPS) is 11.1. The molecule has 0 saturated carbocycles. The molecule has 0 radical (unpaired) electrons. The number of guanidine groups is 1. The highest BCUT2D eigenvalue weighted by molar-refractivity contribution is 6.31. The van der Waals surface area contributed by atoms with Gasteiger partial charge in [0.25, 0.3) is 17.2 Å². The summed E-state index contributed by atoms with van der Waals surface area (Å²) in [6.07, 6.45) is 0. The van der Waals surface area contributed by atoms with Gasteiger partial charge in [0, 0.05) is 41.6 Å². The molecule has 0 aliphatic rings. The molecule has 12 heteroatoms. The number of methoxy groups -OCH3 is 1. The van der Waals surface area contributed by atoms with Crippen molar-refractivity contribution >= 4 is 40.8 Å². The smallest absolute Gasteiger partial charge is 0.269 e. The summed E-state index contributed by atoms with van der Waals surface area (Å²) in [7, 11) is 1.46. The molecule has 0 spiro atoms. The maximum Gasteiger partial charge on any atom is 0.269 e. The summed E-state index contributed by atoms with van der Waals surface area (Å²) in [5.41, 5.74) is 0.416. The van der Waals surface area contributed by atoms with Gasteiger partial charge in [0.2, 0.25) is 11.9 Å². The van der Waals surface area contributed by atoms with Gasteiger partial charge >= 0.3 is 0 Å². The Bertz CT molecular complexity index is 1230. The third-order valence-electron chi connectivity index (χ3n) is 3.95. The molecule has 0 aliphatic heterocycles. The molecule has 0 unspecified atom stereocenters. The number of benzene rings is 2. The Hall–Kier alpha value is -4.09. The van der Waals surface area contributed by atoms with Gasteiger partial charge in [-0.1, -0.05) is 17.7 Å². The highest BCUT2D eigenvalue weighted by Crippen LogP contribution is 2.16. The maximum atomic E-state index is 12.7. The number of nitrogens with zero attached hydrogens (tertiary/aromatic N) is 3. The molecule has 1 aromatic heterocycles. The number of nitrogens with one attached hydrogen (secondary N) is 3. The monoisotopic (exact) mass is 456 g/mol. The Morgan fingerprint density at radius 3 is 2.66 bits per heavy atom. The summed E-state index contributed by atoms with van der Waals surface area (Å²) in [6.45, 7) is 0.0959. The molecule has 0 bridgehead atoms. The lowest BCUT2D eigenvalue weighted by atomic mass is 10.2. The predicted molar refractivity (Wildman–Crippen MR) is 118 cm³/mol. The van der Waals surface area contributed by atoms with Crippen LogP contribution in [-0.2, 0) is 11.3 Å². The van der Waals surface area contributed by atoms with Crippen molar-refractivity contribution in [2.75, 3.05) is 12.4 Å². The molecule has 11 nitrogen and oxygen atoms in total. The van der Waals surface area contributed by atoms with Crippen molar-refractivity contribution < 1.29 is 14.5 Å². The minimum atomic E-state index is -0.594. The third-order valence-corrected chi connectivity index (χ3v) is 4.19. The van der Waals surface area contributed by atoms with E-state index in [-0.39, 0.29) is 29.8 Å². The van der Waals surface area contributed by atoms with Crippen molar-refractivity contribution in [3.8, 4) is 0 Å². The van der Waals surface area contributed by atoms with Crippen molar-refractivity contribution in [3.05, 3.63) is 91.3 Å². The molecule has 1 heterocycles. The minimum Gasteiger partial charge on any atom is -0.378 e. The van der Waals surface area contributed by atoms with E-state index in [1.165, 1.54) is 37.4 Å². The second kappa shape index (κ2) is 10.3. The molecule has 2 aromatic carbocycles. The number of anilines is 1. The van der Waals surface area contributed by atoms with E-state index >= 15 is 0 Å². The Kier molecular flexibility index (Phi) is 7.26. The number of ether oxygens (including phenoxy) is 1. The molecule has 164 valence electrons. The second-order valence-corrected chi connectivity index (χ2v) is 6.78. The van der Waals surface area contributed by atoms with Gasteiger partial charge in [-0.3, -0.25) is 30.0 Å². The number of non-ortho nitro benzene ring substituents is 1. The van der Waals surface area contributed by atoms with Gasteiger partial charge in [-0.05, 0) is 30.3 Å². The third kappa shape index (κ3) is 6.20. The fraction of sp³-hybridized carbons (Fsp3) is 0.100. The van der Waals surface area contributed by atoms with Crippen molar-refractivity contribution in [1.29, 1.82) is 0 Å². The summed E-state index contributed by atoms with van der Waals surface area (Å²) in [5.74, 6) is -0.727. The predicted octanol–water partition coefficient (Wildman–Crippen LogP) is 3.01. The number of nitro benzene ring substituents is 1. The zero-order chi connectivity index (χ0) is 23.1. The Morgan fingerprint density at radius 2 is 2.00 bits per heavy atom. The van der Waals surface area contributed by atoms with Crippen LogP contribution < -0.4 is 16.2 Å². The van der Waals surface area contributed by atoms with Crippen LogP contribution in [0.5, 0.6) is 0 Å². The molecule has 1 amide bonds. The zero-order valence-electron chi connectivity index (χ0n) is 16.7. The molecule has 0 atom stereocenters. The molecule has 32 heavy (non-hydrogen) atoms. The number of aromatic nitrogens is 2. The first kappa shape index (κ1) is 22.6. The van der Waals surface area contributed by atoms with Crippen molar-refractivity contribution in [2.45, 2.75) is 6.61 Å². The fourth-order valence-corrected chi connectivity index (χ4v) is 2.77. The second-order valence-electron chi connectivity index (χ2n) is 6.35. The zero-order valence-corrected chi connectivity index (χ0v) is 17.4. The van der Waals surface area contributed by atoms with Gasteiger partial charge in [0.1, 0.15) is 0 Å². The first-order chi connectivity index (χ1) is 15.3. The number of carbonyl (C=O) groups excluding carboxylic acids is 1. The van der Waals surface area contributed by atoms with Crippen LogP contribution in [0.15, 0.2) is 64.4 Å². The van der Waals surface area contributed by atoms with Gasteiger partial charge in [-0.2, -0.15) is 4.99 Å². The summed E-state index contributed by atoms with van der Waals surface area (Å²) >= 11 is 6.01. The number of halogens is 1. The van der Waals surface area contributed by atoms with Crippen LogP contribution in [0, 0.1) is 10.1 Å². The van der Waals surface area contributed by atoms with E-state index in [9.17, 15) is 19.7 Å². The molecule has 0 aliphatic carbocycles. The van der Waals surface area contributed by atoms with E-state index in [1.54, 1.807) is 24.3 Å². The number of amides is 1. The molecule has 3 N–H and O–H groups in total. The van der Waals surface area contributed by atoms with Gasteiger partial charge in [0.05, 0.1) is 17.2 Å². The van der Waals surface area contributed by atoms with E-state index < -0.39 is 16.4 Å². The fourth-order valence-electron chi connectivity index (χ4n) is 2.58. The van der Waals surface area contributed by atoms with Crippen LogP contribution in [0.1, 0.15) is 16.1 Å². The summed E-state index contributed by atoms with van der Waals surface area (Å²) in [4.78, 5) is 45.7. The summed E-state index contributed by atoms with van der Waals surface area (Å²) < 4.78 is 4.99. The largest absolute Gasteiger partial charge is 0.378 e. The lowest BCUT2D eigenvalue weighted by molar-refractivity contribution is -0.384. The van der Waals surface area contributed by atoms with Crippen molar-refractivity contribution in [3.63, 3.8) is 0 Å². The number of hydrogen-bond donors (Lipinski definition) is 3. The molecule has 0 fully saturated rings. The average molecular weight is 457 g/mol. The SMILES string of the molecule is COCc1cc(=O)[nH]c(/N=C(\NC(=O)c2ccc([N+](=O)[O-])cc2)Nc2cccc(Cl)c2)n1. The Balaban J connectivity index is 1.93. The Labute approximate surface area is 186 Å². The number of aliphatic imine (C=N–C) groups is 1. The maximum absolute atomic E-state index is 12.7. The number of H-pyrrole nitrogens is 1. The molecule has 3 aromatic rings. The minimum absolute atomic E-state index is 0.0617. The molecular weight excluding hydrogens is 440 g/mol. The van der Waals surface area contributed by atoms with Crippen LogP contribution in [0.4, 0.5) is 17.3 Å². The first-order valence-electron chi connectivity index (χ1n) is 9.10. The van der Waals surface area contributed by atoms with Crippen LogP contribution in [0.3, 0.4) is 0 Å². The number of carbonyl (C=O) groups is 1. The van der Waals surface area contributed by atoms with Gasteiger partial charge < -0.3 is 10.1 Å². The van der Waals surface area contributed by atoms with E-state index in [0.29, 0.717) is 16.4 Å². The molecular formula is C20H17ClN6O5. The number of aromatic amines is 1. The van der Waals surface area contributed by atoms with Gasteiger partial charge in [0.15, 0.2) is 0 Å². The van der Waals surface area contributed by atoms with E-state index in [1.807, 2.05) is 0 Å². The van der Waals surface area contributed by atoms with Crippen LogP contribution >= 0.6 is 11.6 Å². The summed E-state index contributed by atoms with van der Waals surface area (Å²) in [5, 5.41) is 16.7. The van der Waals surface area contributed by atoms with Crippen LogP contribution in [0.2, 0.25) is 5.02 Å². The quantitative estimate of drug-likeness (QED) is 0.223. The van der Waals surface area contributed by atoms with E-state index in [2.05, 4.69) is 25.6 Å².